The maximum atomic E-state index is 14.0. The summed E-state index contributed by atoms with van der Waals surface area (Å²) in [5.41, 5.74) is 8.02. The molecule has 1 amide bonds. The number of alkyl halides is 1. The van der Waals surface area contributed by atoms with Gasteiger partial charge in [0.15, 0.2) is 11.5 Å². The van der Waals surface area contributed by atoms with Gasteiger partial charge in [0.1, 0.15) is 23.9 Å². The molecule has 1 unspecified atom stereocenters. The number of hydrogen-bond acceptors (Lipinski definition) is 6. The highest BCUT2D eigenvalue weighted by Crippen LogP contribution is 2.35. The predicted molar refractivity (Wildman–Crippen MR) is 115 cm³/mol. The van der Waals surface area contributed by atoms with Crippen LogP contribution in [0.1, 0.15) is 35.3 Å². The zero-order chi connectivity index (χ0) is 21.7. The first-order chi connectivity index (χ1) is 14.9. The molecule has 1 fully saturated rings. The van der Waals surface area contributed by atoms with Crippen molar-refractivity contribution in [2.24, 2.45) is 0 Å². The average molecular weight is 443 g/mol. The van der Waals surface area contributed by atoms with Crippen LogP contribution in [0.25, 0.3) is 11.2 Å². The van der Waals surface area contributed by atoms with Crippen molar-refractivity contribution in [1.29, 1.82) is 0 Å². The zero-order valence-corrected chi connectivity index (χ0v) is 17.4. The molecule has 0 spiro atoms. The summed E-state index contributed by atoms with van der Waals surface area (Å²) in [6.07, 6.45) is 6.09. The lowest BCUT2D eigenvalue weighted by Crippen LogP contribution is -2.31. The number of amides is 1. The number of aromatic nitrogens is 5. The van der Waals surface area contributed by atoms with E-state index in [1.807, 2.05) is 16.2 Å². The highest BCUT2D eigenvalue weighted by Gasteiger charge is 2.29. The van der Waals surface area contributed by atoms with Gasteiger partial charge in [-0.1, -0.05) is 11.6 Å². The van der Waals surface area contributed by atoms with Crippen molar-refractivity contribution < 1.29 is 9.18 Å². The summed E-state index contributed by atoms with van der Waals surface area (Å²) in [6.45, 7) is 2.68. The first kappa shape index (κ1) is 19.6. The van der Waals surface area contributed by atoms with Crippen molar-refractivity contribution >= 4 is 40.3 Å². The molecule has 0 saturated carbocycles. The second-order valence-corrected chi connectivity index (χ2v) is 8.00. The fourth-order valence-electron chi connectivity index (χ4n) is 4.09. The Kier molecular flexibility index (Phi) is 4.66. The Hall–Kier alpha value is -3.40. The van der Waals surface area contributed by atoms with Crippen molar-refractivity contribution in [3.05, 3.63) is 53.2 Å². The van der Waals surface area contributed by atoms with Gasteiger partial charge in [-0.25, -0.2) is 18.9 Å². The summed E-state index contributed by atoms with van der Waals surface area (Å²) >= 11 is 6.48. The number of nitrogens with zero attached hydrogens (tertiary/aromatic N) is 6. The second kappa shape index (κ2) is 7.38. The van der Waals surface area contributed by atoms with E-state index < -0.39 is 18.1 Å². The van der Waals surface area contributed by atoms with E-state index in [9.17, 15) is 9.18 Å². The molecule has 11 heteroatoms. The lowest BCUT2D eigenvalue weighted by atomic mass is 10.1. The minimum atomic E-state index is -0.906. The predicted octanol–water partition coefficient (Wildman–Crippen LogP) is 2.65. The molecular weight excluding hydrogens is 423 g/mol. The number of rotatable bonds is 4. The Morgan fingerprint density at radius 3 is 3.06 bits per heavy atom. The molecule has 4 aromatic rings. The number of carbonyl (C=O) groups is 1. The maximum absolute atomic E-state index is 14.0. The molecule has 0 bridgehead atoms. The number of carbonyl (C=O) groups excluding carboxylic acids is 1. The number of imidazole rings is 1. The SMILES string of the molecule is CC(NC(=O)c1c(N)nn2cccnc12)c1cc(Cl)c2cncn2c1N1CC[C@H](F)C1. The Bertz CT molecular complexity index is 1300. The molecule has 0 aliphatic carbocycles. The van der Waals surface area contributed by atoms with Crippen LogP contribution in [0.5, 0.6) is 0 Å². The van der Waals surface area contributed by atoms with Gasteiger partial charge in [-0.15, -0.1) is 5.10 Å². The van der Waals surface area contributed by atoms with Crippen molar-refractivity contribution in [3.63, 3.8) is 0 Å². The fourth-order valence-corrected chi connectivity index (χ4v) is 4.34. The maximum Gasteiger partial charge on any atom is 0.259 e. The summed E-state index contributed by atoms with van der Waals surface area (Å²) in [5.74, 6) is 0.443. The van der Waals surface area contributed by atoms with Crippen LogP contribution in [-0.2, 0) is 0 Å². The van der Waals surface area contributed by atoms with Gasteiger partial charge in [0, 0.05) is 24.5 Å². The topological polar surface area (TPSA) is 106 Å². The van der Waals surface area contributed by atoms with Crippen molar-refractivity contribution in [1.82, 2.24) is 29.3 Å². The molecule has 0 radical (unpaired) electrons. The van der Waals surface area contributed by atoms with Crippen LogP contribution in [0, 0.1) is 0 Å². The Morgan fingerprint density at radius 2 is 2.29 bits per heavy atom. The lowest BCUT2D eigenvalue weighted by molar-refractivity contribution is 0.0942. The third-order valence-electron chi connectivity index (χ3n) is 5.55. The third kappa shape index (κ3) is 3.23. The van der Waals surface area contributed by atoms with Crippen LogP contribution in [0.3, 0.4) is 0 Å². The van der Waals surface area contributed by atoms with Gasteiger partial charge >= 0.3 is 0 Å². The Balaban J connectivity index is 1.54. The molecule has 1 aliphatic heterocycles. The molecule has 4 aromatic heterocycles. The van der Waals surface area contributed by atoms with Gasteiger partial charge in [0.25, 0.3) is 5.91 Å². The molecular formula is C20H20ClFN8O. The number of nitrogen functional groups attached to an aromatic ring is 1. The zero-order valence-electron chi connectivity index (χ0n) is 16.7. The van der Waals surface area contributed by atoms with E-state index in [2.05, 4.69) is 20.4 Å². The Morgan fingerprint density at radius 1 is 1.45 bits per heavy atom. The third-order valence-corrected chi connectivity index (χ3v) is 5.85. The van der Waals surface area contributed by atoms with E-state index >= 15 is 0 Å². The van der Waals surface area contributed by atoms with Gasteiger partial charge in [-0.3, -0.25) is 9.20 Å². The van der Waals surface area contributed by atoms with Crippen LogP contribution in [0.2, 0.25) is 5.02 Å². The van der Waals surface area contributed by atoms with Gasteiger partial charge in [-0.05, 0) is 25.5 Å². The number of pyridine rings is 1. The number of hydrogen-bond donors (Lipinski definition) is 2. The molecule has 1 saturated heterocycles. The van der Waals surface area contributed by atoms with E-state index in [0.717, 1.165) is 16.9 Å². The van der Waals surface area contributed by atoms with Crippen LogP contribution < -0.4 is 16.0 Å². The number of anilines is 2. The second-order valence-electron chi connectivity index (χ2n) is 7.60. The monoisotopic (exact) mass is 442 g/mol. The smallest absolute Gasteiger partial charge is 0.259 e. The van der Waals surface area contributed by atoms with Gasteiger partial charge in [0.05, 0.1) is 29.3 Å². The van der Waals surface area contributed by atoms with E-state index in [1.54, 1.807) is 37.1 Å². The highest BCUT2D eigenvalue weighted by atomic mass is 35.5. The standard InChI is InChI=1S/C20H20ClFN8O/c1-11(26-19(31)16-17(23)27-30-5-2-4-25-18(16)30)13-7-14(21)15-8-24-10-29(15)20(13)28-6-3-12(22)9-28/h2,4-5,7-8,10-12H,3,6,9H2,1H3,(H2,23,27)(H,26,31)/t11?,12-/m0/s1. The van der Waals surface area contributed by atoms with Crippen LogP contribution in [-0.4, -0.2) is 49.2 Å². The minimum absolute atomic E-state index is 0.0894. The summed E-state index contributed by atoms with van der Waals surface area (Å²) < 4.78 is 17.3. The Labute approximate surface area is 181 Å². The number of nitrogens with one attached hydrogen (secondary N) is 1. The average Bonchev–Trinajstić information content (AvgIpc) is 3.45. The lowest BCUT2D eigenvalue weighted by Gasteiger charge is -2.26. The van der Waals surface area contributed by atoms with E-state index in [-0.39, 0.29) is 17.9 Å². The first-order valence-electron chi connectivity index (χ1n) is 9.87. The number of fused-ring (bicyclic) bond motifs is 2. The molecule has 5 rings (SSSR count). The molecule has 5 heterocycles. The van der Waals surface area contributed by atoms with E-state index in [4.69, 9.17) is 17.3 Å². The van der Waals surface area contributed by atoms with Crippen molar-refractivity contribution in [2.75, 3.05) is 23.7 Å². The van der Waals surface area contributed by atoms with Crippen molar-refractivity contribution in [3.8, 4) is 0 Å². The van der Waals surface area contributed by atoms with E-state index in [0.29, 0.717) is 23.6 Å². The number of halogens is 2. The quantitative estimate of drug-likeness (QED) is 0.503. The molecule has 0 aromatic carbocycles. The van der Waals surface area contributed by atoms with Gasteiger partial charge in [-0.2, -0.15) is 0 Å². The number of nitrogens with two attached hydrogens (primary N) is 1. The minimum Gasteiger partial charge on any atom is -0.381 e. The molecule has 31 heavy (non-hydrogen) atoms. The van der Waals surface area contributed by atoms with Crippen LogP contribution in [0.15, 0.2) is 37.1 Å². The summed E-state index contributed by atoms with van der Waals surface area (Å²) in [7, 11) is 0. The summed E-state index contributed by atoms with van der Waals surface area (Å²) in [6, 6.07) is 3.04. The van der Waals surface area contributed by atoms with Crippen molar-refractivity contribution in [2.45, 2.75) is 25.6 Å². The van der Waals surface area contributed by atoms with Crippen LogP contribution in [0.4, 0.5) is 16.0 Å². The summed E-state index contributed by atoms with van der Waals surface area (Å²) in [4.78, 5) is 23.5. The molecule has 1 aliphatic rings. The highest BCUT2D eigenvalue weighted by molar-refractivity contribution is 6.34. The largest absolute Gasteiger partial charge is 0.381 e. The van der Waals surface area contributed by atoms with Crippen LogP contribution >= 0.6 is 11.6 Å². The summed E-state index contributed by atoms with van der Waals surface area (Å²) in [5, 5.41) is 7.60. The molecule has 160 valence electrons. The van der Waals surface area contributed by atoms with Gasteiger partial charge < -0.3 is 16.0 Å². The molecule has 3 N–H and O–H groups in total. The fraction of sp³-hybridized carbons (Fsp3) is 0.300. The van der Waals surface area contributed by atoms with E-state index in [1.165, 1.54) is 4.52 Å². The normalized spacial score (nSPS) is 17.5. The molecule has 2 atom stereocenters. The first-order valence-corrected chi connectivity index (χ1v) is 10.2. The van der Waals surface area contributed by atoms with Gasteiger partial charge in [0.2, 0.25) is 0 Å². The molecule has 9 nitrogen and oxygen atoms in total.